The summed E-state index contributed by atoms with van der Waals surface area (Å²) in [6.45, 7) is 5.71. The van der Waals surface area contributed by atoms with Crippen molar-refractivity contribution >= 4 is 17.3 Å². The number of rotatable bonds is 5. The van der Waals surface area contributed by atoms with Crippen LogP contribution in [0.25, 0.3) is 0 Å². The lowest BCUT2D eigenvalue weighted by molar-refractivity contribution is -0.384. The molecular weight excluding hydrogens is 300 g/mol. The van der Waals surface area contributed by atoms with Gasteiger partial charge in [-0.2, -0.15) is 9.97 Å². The first-order valence-corrected chi connectivity index (χ1v) is 6.96. The maximum absolute atomic E-state index is 12.3. The van der Waals surface area contributed by atoms with Crippen molar-refractivity contribution in [3.63, 3.8) is 0 Å². The Balaban J connectivity index is 2.27. The van der Waals surface area contributed by atoms with Gasteiger partial charge < -0.3 is 10.1 Å². The van der Waals surface area contributed by atoms with E-state index in [-0.39, 0.29) is 17.3 Å². The van der Waals surface area contributed by atoms with E-state index in [1.165, 1.54) is 24.3 Å². The van der Waals surface area contributed by atoms with Crippen molar-refractivity contribution in [3.8, 4) is 6.01 Å². The average Bonchev–Trinajstić information content (AvgIpc) is 2.51. The molecule has 1 aromatic heterocycles. The molecule has 0 atom stereocenters. The Bertz CT molecular complexity index is 738. The molecule has 0 fully saturated rings. The van der Waals surface area contributed by atoms with Crippen LogP contribution in [0.4, 0.5) is 11.4 Å². The first-order chi connectivity index (χ1) is 10.9. The highest BCUT2D eigenvalue weighted by Gasteiger charge is 2.15. The van der Waals surface area contributed by atoms with Crippen molar-refractivity contribution in [1.82, 2.24) is 9.97 Å². The smallest absolute Gasteiger partial charge is 0.316 e. The largest absolute Gasteiger partial charge is 0.464 e. The summed E-state index contributed by atoms with van der Waals surface area (Å²) >= 11 is 0. The zero-order chi connectivity index (χ0) is 17.0. The zero-order valence-corrected chi connectivity index (χ0v) is 13.0. The van der Waals surface area contributed by atoms with Gasteiger partial charge in [0.1, 0.15) is 0 Å². The average molecular weight is 316 g/mol. The van der Waals surface area contributed by atoms with Gasteiger partial charge >= 0.3 is 6.01 Å². The summed E-state index contributed by atoms with van der Waals surface area (Å²) in [6.07, 6.45) is 0. The van der Waals surface area contributed by atoms with Crippen molar-refractivity contribution in [2.24, 2.45) is 0 Å². The summed E-state index contributed by atoms with van der Waals surface area (Å²) in [6, 6.07) is 5.75. The summed E-state index contributed by atoms with van der Waals surface area (Å²) in [5.41, 5.74) is 1.62. The number of benzene rings is 1. The third kappa shape index (κ3) is 3.79. The Morgan fingerprint density at radius 1 is 1.30 bits per heavy atom. The van der Waals surface area contributed by atoms with Gasteiger partial charge in [0, 0.05) is 17.7 Å². The number of aryl methyl sites for hydroxylation is 2. The SMILES string of the molecule is CCOc1nc(C)c(NC(=O)c2cccc([N+](=O)[O-])c2)c(C)n1. The lowest BCUT2D eigenvalue weighted by Crippen LogP contribution is -2.15. The van der Waals surface area contributed by atoms with Crippen LogP contribution in [0.5, 0.6) is 6.01 Å². The topological polar surface area (TPSA) is 107 Å². The molecule has 23 heavy (non-hydrogen) atoms. The molecule has 1 N–H and O–H groups in total. The number of nitrogens with one attached hydrogen (secondary N) is 1. The number of carbonyl (C=O) groups is 1. The fourth-order valence-electron chi connectivity index (χ4n) is 2.01. The molecule has 0 saturated heterocycles. The van der Waals surface area contributed by atoms with Gasteiger partial charge in [-0.1, -0.05) is 6.07 Å². The number of nitro benzene ring substituents is 1. The minimum Gasteiger partial charge on any atom is -0.464 e. The number of non-ortho nitro benzene ring substituents is 1. The Hall–Kier alpha value is -3.03. The van der Waals surface area contributed by atoms with E-state index in [0.717, 1.165) is 0 Å². The van der Waals surface area contributed by atoms with Crippen LogP contribution in [-0.4, -0.2) is 27.4 Å². The molecule has 1 heterocycles. The number of nitrogens with zero attached hydrogens (tertiary/aromatic N) is 3. The van der Waals surface area contributed by atoms with Crippen molar-refractivity contribution < 1.29 is 14.5 Å². The fourth-order valence-corrected chi connectivity index (χ4v) is 2.01. The standard InChI is InChI=1S/C15H16N4O4/c1-4-23-15-16-9(2)13(10(3)17-15)18-14(20)11-6-5-7-12(8-11)19(21)22/h5-8H,4H2,1-3H3,(H,18,20). The molecule has 1 aromatic carbocycles. The van der Waals surface area contributed by atoms with E-state index in [2.05, 4.69) is 15.3 Å². The van der Waals surface area contributed by atoms with Crippen molar-refractivity contribution in [1.29, 1.82) is 0 Å². The van der Waals surface area contributed by atoms with E-state index in [1.807, 2.05) is 6.92 Å². The molecule has 0 saturated carbocycles. The van der Waals surface area contributed by atoms with Gasteiger partial charge in [0.15, 0.2) is 0 Å². The Labute approximate surface area is 132 Å². The minimum atomic E-state index is -0.548. The summed E-state index contributed by atoms with van der Waals surface area (Å²) in [5, 5.41) is 13.5. The molecule has 8 nitrogen and oxygen atoms in total. The van der Waals surface area contributed by atoms with E-state index < -0.39 is 10.8 Å². The molecule has 1 amide bonds. The molecule has 0 aliphatic carbocycles. The molecule has 8 heteroatoms. The summed E-state index contributed by atoms with van der Waals surface area (Å²) in [4.78, 5) is 30.8. The van der Waals surface area contributed by atoms with Gasteiger partial charge in [0.25, 0.3) is 11.6 Å². The van der Waals surface area contributed by atoms with Gasteiger partial charge in [0.05, 0.1) is 28.6 Å². The molecule has 0 spiro atoms. The van der Waals surface area contributed by atoms with Crippen LogP contribution in [0.3, 0.4) is 0 Å². The lowest BCUT2D eigenvalue weighted by Gasteiger charge is -2.12. The second kappa shape index (κ2) is 6.82. The van der Waals surface area contributed by atoms with E-state index in [1.54, 1.807) is 13.8 Å². The Morgan fingerprint density at radius 3 is 2.52 bits per heavy atom. The highest BCUT2D eigenvalue weighted by Crippen LogP contribution is 2.21. The van der Waals surface area contributed by atoms with Crippen LogP contribution in [-0.2, 0) is 0 Å². The first-order valence-electron chi connectivity index (χ1n) is 6.96. The van der Waals surface area contributed by atoms with Gasteiger partial charge in [-0.05, 0) is 26.8 Å². The van der Waals surface area contributed by atoms with Gasteiger partial charge in [-0.25, -0.2) is 0 Å². The normalized spacial score (nSPS) is 10.2. The molecule has 120 valence electrons. The minimum absolute atomic E-state index is 0.144. The van der Waals surface area contributed by atoms with Gasteiger partial charge in [-0.3, -0.25) is 14.9 Å². The number of aromatic nitrogens is 2. The van der Waals surface area contributed by atoms with Crippen LogP contribution in [0.15, 0.2) is 24.3 Å². The molecule has 2 rings (SSSR count). The van der Waals surface area contributed by atoms with Crippen molar-refractivity contribution in [2.75, 3.05) is 11.9 Å². The number of anilines is 1. The predicted octanol–water partition coefficient (Wildman–Crippen LogP) is 2.65. The molecule has 0 aliphatic heterocycles. The second-order valence-electron chi connectivity index (χ2n) is 4.75. The number of carbonyl (C=O) groups excluding carboxylic acids is 1. The summed E-state index contributed by atoms with van der Waals surface area (Å²) in [5.74, 6) is -0.465. The second-order valence-corrected chi connectivity index (χ2v) is 4.75. The highest BCUT2D eigenvalue weighted by molar-refractivity contribution is 6.05. The predicted molar refractivity (Wildman–Crippen MR) is 83.7 cm³/mol. The van der Waals surface area contributed by atoms with Crippen LogP contribution >= 0.6 is 0 Å². The van der Waals surface area contributed by atoms with E-state index in [4.69, 9.17) is 4.74 Å². The third-order valence-electron chi connectivity index (χ3n) is 3.08. The zero-order valence-electron chi connectivity index (χ0n) is 13.0. The number of nitro groups is 1. The van der Waals surface area contributed by atoms with Crippen molar-refractivity contribution in [2.45, 2.75) is 20.8 Å². The van der Waals surface area contributed by atoms with Crippen molar-refractivity contribution in [3.05, 3.63) is 51.3 Å². The molecule has 0 bridgehead atoms. The van der Waals surface area contributed by atoms with Crippen LogP contribution in [0.1, 0.15) is 28.7 Å². The summed E-state index contributed by atoms with van der Waals surface area (Å²) < 4.78 is 5.24. The Morgan fingerprint density at radius 2 is 1.96 bits per heavy atom. The monoisotopic (exact) mass is 316 g/mol. The first kappa shape index (κ1) is 16.3. The maximum Gasteiger partial charge on any atom is 0.316 e. The highest BCUT2D eigenvalue weighted by atomic mass is 16.6. The number of ether oxygens (including phenoxy) is 1. The Kier molecular flexibility index (Phi) is 4.85. The number of hydrogen-bond acceptors (Lipinski definition) is 6. The molecule has 2 aromatic rings. The van der Waals surface area contributed by atoms with E-state index >= 15 is 0 Å². The molecule has 0 aliphatic rings. The molecule has 0 radical (unpaired) electrons. The number of hydrogen-bond donors (Lipinski definition) is 1. The fraction of sp³-hybridized carbons (Fsp3) is 0.267. The lowest BCUT2D eigenvalue weighted by atomic mass is 10.2. The molecule has 0 unspecified atom stereocenters. The van der Waals surface area contributed by atoms with Crippen LogP contribution < -0.4 is 10.1 Å². The number of amides is 1. The van der Waals surface area contributed by atoms with E-state index in [9.17, 15) is 14.9 Å². The summed E-state index contributed by atoms with van der Waals surface area (Å²) in [7, 11) is 0. The van der Waals surface area contributed by atoms with Crippen LogP contribution in [0.2, 0.25) is 0 Å². The van der Waals surface area contributed by atoms with E-state index in [0.29, 0.717) is 23.7 Å². The quantitative estimate of drug-likeness (QED) is 0.671. The van der Waals surface area contributed by atoms with Gasteiger partial charge in [0.2, 0.25) is 0 Å². The maximum atomic E-state index is 12.3. The third-order valence-corrected chi connectivity index (χ3v) is 3.08. The van der Waals surface area contributed by atoms with Crippen LogP contribution in [0, 0.1) is 24.0 Å². The van der Waals surface area contributed by atoms with Gasteiger partial charge in [-0.15, -0.1) is 0 Å². The molecular formula is C15H16N4O4.